The van der Waals surface area contributed by atoms with Gasteiger partial charge in [-0.3, -0.25) is 4.79 Å². The number of amides is 1. The number of halogens is 1. The molecule has 0 aliphatic carbocycles. The van der Waals surface area contributed by atoms with Crippen LogP contribution in [0.25, 0.3) is 0 Å². The molecule has 0 aliphatic heterocycles. The molecule has 0 fully saturated rings. The quantitative estimate of drug-likeness (QED) is 0.475. The van der Waals surface area contributed by atoms with Gasteiger partial charge in [0, 0.05) is 6.54 Å². The second-order valence-corrected chi connectivity index (χ2v) is 1.99. The molecule has 0 saturated carbocycles. The molecule has 0 unspecified atom stereocenters. The van der Waals surface area contributed by atoms with E-state index in [0.29, 0.717) is 13.1 Å². The highest BCUT2D eigenvalue weighted by molar-refractivity contribution is 5.86. The maximum Gasteiger partial charge on any atom is 0.243 e. The fourth-order valence-corrected chi connectivity index (χ4v) is 0.553. The van der Waals surface area contributed by atoms with Gasteiger partial charge in [-0.2, -0.15) is 0 Å². The zero-order valence-corrected chi connectivity index (χ0v) is 7.32. The zero-order chi connectivity index (χ0) is 7.82. The molecular formula is C7H15ClN2O. The van der Waals surface area contributed by atoms with Crippen molar-refractivity contribution in [2.24, 2.45) is 5.73 Å². The summed E-state index contributed by atoms with van der Waals surface area (Å²) in [6.45, 7) is 4.70. The van der Waals surface area contributed by atoms with Gasteiger partial charge in [0.05, 0.1) is 0 Å². The SMILES string of the molecule is C=CC(=O)NCCCCN.Cl. The smallest absolute Gasteiger partial charge is 0.243 e. The van der Waals surface area contributed by atoms with Gasteiger partial charge in [-0.25, -0.2) is 0 Å². The van der Waals surface area contributed by atoms with E-state index in [0.717, 1.165) is 12.8 Å². The third-order valence-corrected chi connectivity index (χ3v) is 1.12. The Hall–Kier alpha value is -0.540. The molecule has 66 valence electrons. The molecule has 0 aliphatic rings. The van der Waals surface area contributed by atoms with Crippen molar-refractivity contribution in [3.05, 3.63) is 12.7 Å². The Kier molecular flexibility index (Phi) is 11.2. The predicted molar refractivity (Wildman–Crippen MR) is 48.7 cm³/mol. The number of carbonyl (C=O) groups is 1. The second-order valence-electron chi connectivity index (χ2n) is 1.99. The Labute approximate surface area is 73.4 Å². The van der Waals surface area contributed by atoms with Gasteiger partial charge >= 0.3 is 0 Å². The minimum atomic E-state index is -0.114. The first kappa shape index (κ1) is 13.1. The van der Waals surface area contributed by atoms with E-state index in [2.05, 4.69) is 11.9 Å². The molecule has 0 saturated heterocycles. The Bertz CT molecular complexity index is 117. The molecule has 0 bridgehead atoms. The summed E-state index contributed by atoms with van der Waals surface area (Å²) in [7, 11) is 0. The number of nitrogens with two attached hydrogens (primary N) is 1. The average Bonchev–Trinajstić information content (AvgIpc) is 1.98. The largest absolute Gasteiger partial charge is 0.353 e. The molecule has 0 aromatic heterocycles. The molecule has 0 aromatic carbocycles. The minimum Gasteiger partial charge on any atom is -0.353 e. The summed E-state index contributed by atoms with van der Waals surface area (Å²) < 4.78 is 0. The molecule has 0 heterocycles. The van der Waals surface area contributed by atoms with Crippen molar-refractivity contribution >= 4 is 18.3 Å². The van der Waals surface area contributed by atoms with E-state index in [-0.39, 0.29) is 18.3 Å². The lowest BCUT2D eigenvalue weighted by atomic mass is 10.3. The van der Waals surface area contributed by atoms with Gasteiger partial charge in [-0.1, -0.05) is 6.58 Å². The lowest BCUT2D eigenvalue weighted by Crippen LogP contribution is -2.22. The van der Waals surface area contributed by atoms with Gasteiger partial charge in [-0.15, -0.1) is 12.4 Å². The monoisotopic (exact) mass is 178 g/mol. The highest BCUT2D eigenvalue weighted by Gasteiger charge is 1.90. The van der Waals surface area contributed by atoms with Gasteiger partial charge in [0.2, 0.25) is 5.91 Å². The normalized spacial score (nSPS) is 8.09. The van der Waals surface area contributed by atoms with Gasteiger partial charge in [0.15, 0.2) is 0 Å². The third-order valence-electron chi connectivity index (χ3n) is 1.12. The molecular weight excluding hydrogens is 164 g/mol. The van der Waals surface area contributed by atoms with Gasteiger partial charge in [-0.05, 0) is 25.5 Å². The van der Waals surface area contributed by atoms with Crippen LogP contribution >= 0.6 is 12.4 Å². The van der Waals surface area contributed by atoms with Crippen LogP contribution in [0.1, 0.15) is 12.8 Å². The summed E-state index contributed by atoms with van der Waals surface area (Å²) in [6, 6.07) is 0. The third kappa shape index (κ3) is 9.46. The van der Waals surface area contributed by atoms with Crippen LogP contribution in [0.5, 0.6) is 0 Å². The van der Waals surface area contributed by atoms with Crippen molar-refractivity contribution in [1.29, 1.82) is 0 Å². The van der Waals surface area contributed by atoms with Gasteiger partial charge < -0.3 is 11.1 Å². The van der Waals surface area contributed by atoms with E-state index in [1.54, 1.807) is 0 Å². The maximum absolute atomic E-state index is 10.5. The van der Waals surface area contributed by atoms with Crippen LogP contribution in [-0.4, -0.2) is 19.0 Å². The van der Waals surface area contributed by atoms with E-state index in [1.807, 2.05) is 0 Å². The maximum atomic E-state index is 10.5. The van der Waals surface area contributed by atoms with Crippen LogP contribution in [0.4, 0.5) is 0 Å². The highest BCUT2D eigenvalue weighted by atomic mass is 35.5. The van der Waals surface area contributed by atoms with Crippen LogP contribution in [0.15, 0.2) is 12.7 Å². The summed E-state index contributed by atoms with van der Waals surface area (Å²) >= 11 is 0. The number of carbonyl (C=O) groups excluding carboxylic acids is 1. The molecule has 1 amide bonds. The van der Waals surface area contributed by atoms with E-state index in [4.69, 9.17) is 5.73 Å². The summed E-state index contributed by atoms with van der Waals surface area (Å²) in [5.74, 6) is -0.114. The van der Waals surface area contributed by atoms with Crippen molar-refractivity contribution in [2.75, 3.05) is 13.1 Å². The van der Waals surface area contributed by atoms with Crippen molar-refractivity contribution < 1.29 is 4.79 Å². The number of unbranched alkanes of at least 4 members (excludes halogenated alkanes) is 1. The van der Waals surface area contributed by atoms with E-state index >= 15 is 0 Å². The summed E-state index contributed by atoms with van der Waals surface area (Å²) in [5.41, 5.74) is 5.25. The fourth-order valence-electron chi connectivity index (χ4n) is 0.553. The molecule has 0 aromatic rings. The Balaban J connectivity index is 0. The van der Waals surface area contributed by atoms with Crippen molar-refractivity contribution in [1.82, 2.24) is 5.32 Å². The zero-order valence-electron chi connectivity index (χ0n) is 6.51. The van der Waals surface area contributed by atoms with E-state index in [9.17, 15) is 4.79 Å². The van der Waals surface area contributed by atoms with E-state index in [1.165, 1.54) is 6.08 Å². The highest BCUT2D eigenvalue weighted by Crippen LogP contribution is 1.81. The van der Waals surface area contributed by atoms with Crippen LogP contribution < -0.4 is 11.1 Å². The molecule has 3 N–H and O–H groups in total. The second kappa shape index (κ2) is 9.46. The lowest BCUT2D eigenvalue weighted by Gasteiger charge is -1.98. The molecule has 11 heavy (non-hydrogen) atoms. The van der Waals surface area contributed by atoms with Gasteiger partial charge in [0.25, 0.3) is 0 Å². The lowest BCUT2D eigenvalue weighted by molar-refractivity contribution is -0.116. The van der Waals surface area contributed by atoms with Crippen LogP contribution in [-0.2, 0) is 4.79 Å². The number of hydrogen-bond acceptors (Lipinski definition) is 2. The Morgan fingerprint density at radius 2 is 2.18 bits per heavy atom. The minimum absolute atomic E-state index is 0. The van der Waals surface area contributed by atoms with Gasteiger partial charge in [0.1, 0.15) is 0 Å². The molecule has 4 heteroatoms. The van der Waals surface area contributed by atoms with Crippen molar-refractivity contribution in [3.8, 4) is 0 Å². The van der Waals surface area contributed by atoms with E-state index < -0.39 is 0 Å². The predicted octanol–water partition coefficient (Wildman–Crippen LogP) is 0.449. The summed E-state index contributed by atoms with van der Waals surface area (Å²) in [4.78, 5) is 10.5. The molecule has 0 radical (unpaired) electrons. The number of rotatable bonds is 5. The Morgan fingerprint density at radius 1 is 1.55 bits per heavy atom. The molecule has 3 nitrogen and oxygen atoms in total. The number of hydrogen-bond donors (Lipinski definition) is 2. The summed E-state index contributed by atoms with van der Waals surface area (Å²) in [5, 5.41) is 2.65. The standard InChI is InChI=1S/C7H14N2O.ClH/c1-2-7(10)9-6-4-3-5-8;/h2H,1,3-6,8H2,(H,9,10);1H. The van der Waals surface area contributed by atoms with Crippen LogP contribution in [0, 0.1) is 0 Å². The molecule has 0 rings (SSSR count). The fraction of sp³-hybridized carbons (Fsp3) is 0.571. The average molecular weight is 179 g/mol. The van der Waals surface area contributed by atoms with Crippen LogP contribution in [0.3, 0.4) is 0 Å². The topological polar surface area (TPSA) is 55.1 Å². The first-order valence-corrected chi connectivity index (χ1v) is 3.41. The van der Waals surface area contributed by atoms with Crippen molar-refractivity contribution in [3.63, 3.8) is 0 Å². The number of nitrogens with one attached hydrogen (secondary N) is 1. The first-order valence-electron chi connectivity index (χ1n) is 3.41. The van der Waals surface area contributed by atoms with Crippen LogP contribution in [0.2, 0.25) is 0 Å². The molecule has 0 atom stereocenters. The Morgan fingerprint density at radius 3 is 2.64 bits per heavy atom. The summed E-state index contributed by atoms with van der Waals surface area (Å²) in [6.07, 6.45) is 3.16. The van der Waals surface area contributed by atoms with Crippen molar-refractivity contribution in [2.45, 2.75) is 12.8 Å². The first-order chi connectivity index (χ1) is 4.81. The molecule has 0 spiro atoms.